The Labute approximate surface area is 89.1 Å². The van der Waals surface area contributed by atoms with Gasteiger partial charge in [0, 0.05) is 5.54 Å². The third kappa shape index (κ3) is 3.46. The quantitative estimate of drug-likeness (QED) is 0.772. The van der Waals surface area contributed by atoms with Crippen molar-refractivity contribution in [3.05, 3.63) is 0 Å². The van der Waals surface area contributed by atoms with Gasteiger partial charge in [-0.05, 0) is 20.8 Å². The van der Waals surface area contributed by atoms with Gasteiger partial charge in [-0.15, -0.1) is 5.10 Å². The van der Waals surface area contributed by atoms with E-state index in [-0.39, 0.29) is 5.54 Å². The number of nitrogen functional groups attached to an aromatic ring is 1. The van der Waals surface area contributed by atoms with Crippen LogP contribution in [0.2, 0.25) is 0 Å². The van der Waals surface area contributed by atoms with Crippen molar-refractivity contribution < 1.29 is 0 Å². The Bertz CT molecular complexity index is 367. The Morgan fingerprint density at radius 2 is 2.20 bits per heavy atom. The van der Waals surface area contributed by atoms with Crippen LogP contribution >= 0.6 is 0 Å². The van der Waals surface area contributed by atoms with Crippen molar-refractivity contribution in [3.63, 3.8) is 0 Å². The van der Waals surface area contributed by atoms with Crippen molar-refractivity contribution in [3.8, 4) is 6.07 Å². The lowest BCUT2D eigenvalue weighted by atomic mass is 10.1. The number of nitriles is 1. The maximum atomic E-state index is 8.44. The lowest BCUT2D eigenvalue weighted by Crippen LogP contribution is -2.26. The number of anilines is 2. The fraction of sp³-hybridized carbons (Fsp3) is 0.667. The van der Waals surface area contributed by atoms with Crippen LogP contribution in [0.4, 0.5) is 11.9 Å². The molecular formula is C9H16N6. The maximum absolute atomic E-state index is 8.44. The van der Waals surface area contributed by atoms with E-state index in [2.05, 4.69) is 15.4 Å². The smallest absolute Gasteiger partial charge is 0.244 e. The molecule has 0 aromatic carbocycles. The molecule has 0 aliphatic carbocycles. The second-order valence-corrected chi connectivity index (χ2v) is 4.30. The average molecular weight is 208 g/mol. The maximum Gasteiger partial charge on any atom is 0.244 e. The molecule has 15 heavy (non-hydrogen) atoms. The number of rotatable bonds is 3. The topological polar surface area (TPSA) is 92.5 Å². The van der Waals surface area contributed by atoms with E-state index >= 15 is 0 Å². The van der Waals surface area contributed by atoms with Gasteiger partial charge in [-0.1, -0.05) is 0 Å². The van der Waals surface area contributed by atoms with Gasteiger partial charge in [0.05, 0.1) is 19.0 Å². The number of aryl methyl sites for hydroxylation is 1. The van der Waals surface area contributed by atoms with E-state index < -0.39 is 0 Å². The summed E-state index contributed by atoms with van der Waals surface area (Å²) in [5.74, 6) is 0.829. The van der Waals surface area contributed by atoms with Gasteiger partial charge in [-0.3, -0.25) is 0 Å². The van der Waals surface area contributed by atoms with Crippen molar-refractivity contribution >= 4 is 11.9 Å². The molecule has 1 aromatic heterocycles. The molecule has 1 aromatic rings. The zero-order chi connectivity index (χ0) is 11.5. The molecule has 0 saturated carbocycles. The van der Waals surface area contributed by atoms with Crippen LogP contribution in [0.3, 0.4) is 0 Å². The van der Waals surface area contributed by atoms with E-state index in [4.69, 9.17) is 11.0 Å². The number of nitrogens with one attached hydrogen (secondary N) is 1. The Hall–Kier alpha value is -1.77. The van der Waals surface area contributed by atoms with Crippen LogP contribution in [0.25, 0.3) is 0 Å². The van der Waals surface area contributed by atoms with Crippen molar-refractivity contribution in [1.29, 1.82) is 5.26 Å². The summed E-state index contributed by atoms with van der Waals surface area (Å²) in [4.78, 5) is 4.06. The van der Waals surface area contributed by atoms with Crippen LogP contribution < -0.4 is 11.1 Å². The van der Waals surface area contributed by atoms with E-state index in [0.717, 1.165) is 0 Å². The molecule has 1 rings (SSSR count). The van der Waals surface area contributed by atoms with Gasteiger partial charge in [-0.25, -0.2) is 4.68 Å². The Morgan fingerprint density at radius 1 is 1.53 bits per heavy atom. The molecule has 0 bridgehead atoms. The van der Waals surface area contributed by atoms with Crippen LogP contribution in [0.1, 0.15) is 27.2 Å². The summed E-state index contributed by atoms with van der Waals surface area (Å²) in [6.45, 7) is 6.51. The summed E-state index contributed by atoms with van der Waals surface area (Å²) in [5, 5.41) is 15.7. The molecule has 6 nitrogen and oxygen atoms in total. The van der Waals surface area contributed by atoms with Crippen LogP contribution in [0.15, 0.2) is 0 Å². The van der Waals surface area contributed by atoms with Crippen LogP contribution in [-0.4, -0.2) is 20.3 Å². The molecule has 0 radical (unpaired) electrons. The van der Waals surface area contributed by atoms with Gasteiger partial charge in [0.2, 0.25) is 11.9 Å². The molecule has 1 heterocycles. The molecule has 0 saturated heterocycles. The van der Waals surface area contributed by atoms with Gasteiger partial charge in [0.15, 0.2) is 0 Å². The summed E-state index contributed by atoms with van der Waals surface area (Å²) in [6, 6.07) is 2.04. The van der Waals surface area contributed by atoms with E-state index in [1.54, 1.807) is 0 Å². The molecular weight excluding hydrogens is 192 g/mol. The van der Waals surface area contributed by atoms with Gasteiger partial charge < -0.3 is 11.1 Å². The standard InChI is InChI=1S/C9H16N6/c1-9(2,3)13-8-12-7(11)15(14-8)6-4-5-10/h4,6H2,1-3H3,(H3,11,12,13,14). The number of hydrogen-bond acceptors (Lipinski definition) is 5. The third-order valence-electron chi connectivity index (χ3n) is 1.62. The highest BCUT2D eigenvalue weighted by Gasteiger charge is 2.14. The minimum absolute atomic E-state index is 0.103. The Morgan fingerprint density at radius 3 is 2.73 bits per heavy atom. The summed E-state index contributed by atoms with van der Waals surface area (Å²) in [6.07, 6.45) is 0.377. The highest BCUT2D eigenvalue weighted by atomic mass is 15.4. The van der Waals surface area contributed by atoms with E-state index in [1.165, 1.54) is 4.68 Å². The summed E-state index contributed by atoms with van der Waals surface area (Å²) in [5.41, 5.74) is 5.54. The van der Waals surface area contributed by atoms with Gasteiger partial charge >= 0.3 is 0 Å². The Kier molecular flexibility index (Phi) is 3.14. The minimum atomic E-state index is -0.103. The molecule has 0 fully saturated rings. The predicted molar refractivity (Wildman–Crippen MR) is 58.0 cm³/mol. The molecule has 6 heteroatoms. The van der Waals surface area contributed by atoms with Gasteiger partial charge in [-0.2, -0.15) is 10.2 Å². The molecule has 82 valence electrons. The largest absolute Gasteiger partial charge is 0.368 e. The average Bonchev–Trinajstić information content (AvgIpc) is 2.39. The van der Waals surface area contributed by atoms with Gasteiger partial charge in [0.25, 0.3) is 0 Å². The Balaban J connectivity index is 2.73. The fourth-order valence-electron chi connectivity index (χ4n) is 1.06. The summed E-state index contributed by atoms with van der Waals surface area (Å²) >= 11 is 0. The second kappa shape index (κ2) is 4.17. The number of aromatic nitrogens is 3. The summed E-state index contributed by atoms with van der Waals surface area (Å²) < 4.78 is 1.53. The zero-order valence-corrected chi connectivity index (χ0v) is 9.28. The van der Waals surface area contributed by atoms with E-state index in [0.29, 0.717) is 24.9 Å². The van der Waals surface area contributed by atoms with Crippen LogP contribution in [0, 0.1) is 11.3 Å². The first-order valence-corrected chi connectivity index (χ1v) is 4.78. The molecule has 0 aliphatic rings. The van der Waals surface area contributed by atoms with Gasteiger partial charge in [0.1, 0.15) is 0 Å². The first-order chi connectivity index (χ1) is 6.92. The highest BCUT2D eigenvalue weighted by Crippen LogP contribution is 2.12. The van der Waals surface area contributed by atoms with Crippen molar-refractivity contribution in [2.75, 3.05) is 11.1 Å². The van der Waals surface area contributed by atoms with Crippen LogP contribution in [0.5, 0.6) is 0 Å². The molecule has 0 spiro atoms. The van der Waals surface area contributed by atoms with Crippen molar-refractivity contribution in [2.45, 2.75) is 39.3 Å². The zero-order valence-electron chi connectivity index (χ0n) is 9.28. The molecule has 0 atom stereocenters. The molecule has 3 N–H and O–H groups in total. The van der Waals surface area contributed by atoms with E-state index in [9.17, 15) is 0 Å². The predicted octanol–water partition coefficient (Wildman–Crippen LogP) is 0.984. The normalized spacial score (nSPS) is 11.1. The number of nitrogens with two attached hydrogens (primary N) is 1. The van der Waals surface area contributed by atoms with Crippen LogP contribution in [-0.2, 0) is 6.54 Å². The first kappa shape index (κ1) is 11.3. The number of nitrogens with zero attached hydrogens (tertiary/aromatic N) is 4. The SMILES string of the molecule is CC(C)(C)Nc1nc(N)n(CCC#N)n1. The molecule has 0 unspecified atom stereocenters. The minimum Gasteiger partial charge on any atom is -0.368 e. The molecule has 0 amide bonds. The summed E-state index contributed by atoms with van der Waals surface area (Å²) in [7, 11) is 0. The van der Waals surface area contributed by atoms with Crippen molar-refractivity contribution in [2.24, 2.45) is 0 Å². The second-order valence-electron chi connectivity index (χ2n) is 4.30. The lowest BCUT2D eigenvalue weighted by Gasteiger charge is -2.18. The van der Waals surface area contributed by atoms with E-state index in [1.807, 2.05) is 26.8 Å². The highest BCUT2D eigenvalue weighted by molar-refractivity contribution is 5.33. The molecule has 0 aliphatic heterocycles. The number of hydrogen-bond donors (Lipinski definition) is 2. The first-order valence-electron chi connectivity index (χ1n) is 4.78. The fourth-order valence-corrected chi connectivity index (χ4v) is 1.06. The monoisotopic (exact) mass is 208 g/mol. The van der Waals surface area contributed by atoms with Crippen molar-refractivity contribution in [1.82, 2.24) is 14.8 Å². The third-order valence-corrected chi connectivity index (χ3v) is 1.62. The lowest BCUT2D eigenvalue weighted by molar-refractivity contribution is 0.609.